The molecule has 0 unspecified atom stereocenters. The molecule has 0 aliphatic carbocycles. The average molecular weight is 382 g/mol. The van der Waals surface area contributed by atoms with Gasteiger partial charge in [-0.25, -0.2) is 4.68 Å². The molecule has 1 spiro atoms. The highest BCUT2D eigenvalue weighted by Crippen LogP contribution is 2.31. The molecule has 2 fully saturated rings. The van der Waals surface area contributed by atoms with Gasteiger partial charge in [-0.1, -0.05) is 18.2 Å². The number of para-hydroxylation sites is 1. The van der Waals surface area contributed by atoms with Gasteiger partial charge in [0.15, 0.2) is 5.79 Å². The molecule has 5 rings (SSSR count). The number of hydrogen-bond donors (Lipinski definition) is 0. The number of piperidine rings is 1. The first kappa shape index (κ1) is 17.4. The smallest absolute Gasteiger partial charge is 0.291 e. The molecule has 1 aromatic carbocycles. The van der Waals surface area contributed by atoms with Crippen molar-refractivity contribution in [3.63, 3.8) is 0 Å². The highest BCUT2D eigenvalue weighted by Gasteiger charge is 2.40. The van der Waals surface area contributed by atoms with Gasteiger partial charge < -0.3 is 18.9 Å². The molecule has 8 nitrogen and oxygen atoms in total. The van der Waals surface area contributed by atoms with Gasteiger partial charge in [-0.05, 0) is 6.07 Å². The zero-order chi connectivity index (χ0) is 19.3. The van der Waals surface area contributed by atoms with E-state index >= 15 is 0 Å². The monoisotopic (exact) mass is 382 g/mol. The van der Waals surface area contributed by atoms with Crippen LogP contribution in [0.1, 0.15) is 12.8 Å². The van der Waals surface area contributed by atoms with E-state index in [9.17, 15) is 9.59 Å². The lowest BCUT2D eigenvalue weighted by atomic mass is 10.0. The lowest BCUT2D eigenvalue weighted by Gasteiger charge is -2.37. The molecular weight excluding hydrogens is 360 g/mol. The minimum atomic E-state index is -0.520. The Bertz CT molecular complexity index is 1120. The van der Waals surface area contributed by atoms with Gasteiger partial charge in [0.1, 0.15) is 12.1 Å². The summed E-state index contributed by atoms with van der Waals surface area (Å²) in [5.74, 6) is -0.631. The predicted molar refractivity (Wildman–Crippen MR) is 103 cm³/mol. The minimum absolute atomic E-state index is 0.0645. The quantitative estimate of drug-likeness (QED) is 0.667. The Balaban J connectivity index is 1.40. The van der Waals surface area contributed by atoms with Crippen molar-refractivity contribution in [2.24, 2.45) is 7.05 Å². The van der Waals surface area contributed by atoms with Gasteiger partial charge in [-0.3, -0.25) is 9.59 Å². The standard InChI is InChI=1S/C20H22N4O4/c1-22-16-5-3-2-4-14(16)15-12-21-24(19(26)18(15)22)13-17(25)23-8-6-20(7-9-23)27-10-11-28-20/h2-5,12H,6-11,13H2,1H3. The average Bonchev–Trinajstić information content (AvgIpc) is 3.28. The first-order valence-electron chi connectivity index (χ1n) is 9.57. The number of aromatic nitrogens is 3. The van der Waals surface area contributed by atoms with E-state index in [-0.39, 0.29) is 18.0 Å². The van der Waals surface area contributed by atoms with E-state index < -0.39 is 5.79 Å². The summed E-state index contributed by atoms with van der Waals surface area (Å²) in [7, 11) is 1.86. The van der Waals surface area contributed by atoms with Crippen LogP contribution in [0.4, 0.5) is 0 Å². The topological polar surface area (TPSA) is 78.6 Å². The number of likely N-dealkylation sites (tertiary alicyclic amines) is 1. The number of aryl methyl sites for hydroxylation is 1. The maximum atomic E-state index is 13.0. The van der Waals surface area contributed by atoms with Crippen LogP contribution in [-0.2, 0) is 27.9 Å². The van der Waals surface area contributed by atoms with E-state index in [0.29, 0.717) is 44.7 Å². The summed E-state index contributed by atoms with van der Waals surface area (Å²) in [6.45, 7) is 2.27. The number of rotatable bonds is 2. The molecule has 2 aromatic heterocycles. The van der Waals surface area contributed by atoms with Crippen LogP contribution in [0.25, 0.3) is 21.8 Å². The largest absolute Gasteiger partial charge is 0.347 e. The number of carbonyl (C=O) groups is 1. The number of carbonyl (C=O) groups excluding carboxylic acids is 1. The Morgan fingerprint density at radius 3 is 2.61 bits per heavy atom. The van der Waals surface area contributed by atoms with Crippen molar-refractivity contribution in [2.45, 2.75) is 25.2 Å². The molecule has 0 radical (unpaired) electrons. The second-order valence-electron chi connectivity index (χ2n) is 7.43. The molecule has 0 saturated carbocycles. The summed E-state index contributed by atoms with van der Waals surface area (Å²) in [4.78, 5) is 27.5. The van der Waals surface area contributed by atoms with Crippen LogP contribution in [0.5, 0.6) is 0 Å². The zero-order valence-electron chi connectivity index (χ0n) is 15.8. The van der Waals surface area contributed by atoms with Gasteiger partial charge in [0.2, 0.25) is 5.91 Å². The Labute approximate surface area is 161 Å². The normalized spacial score (nSPS) is 19.1. The van der Waals surface area contributed by atoms with Crippen molar-refractivity contribution >= 4 is 27.7 Å². The lowest BCUT2D eigenvalue weighted by Crippen LogP contribution is -2.48. The second-order valence-corrected chi connectivity index (χ2v) is 7.43. The number of nitrogens with zero attached hydrogens (tertiary/aromatic N) is 4. The van der Waals surface area contributed by atoms with Crippen LogP contribution in [0, 0.1) is 0 Å². The van der Waals surface area contributed by atoms with Crippen molar-refractivity contribution in [2.75, 3.05) is 26.3 Å². The molecule has 1 amide bonds. The molecule has 28 heavy (non-hydrogen) atoms. The van der Waals surface area contributed by atoms with E-state index in [1.165, 1.54) is 4.68 Å². The molecule has 146 valence electrons. The van der Waals surface area contributed by atoms with Crippen LogP contribution in [-0.4, -0.2) is 57.2 Å². The van der Waals surface area contributed by atoms with Crippen molar-refractivity contribution in [3.8, 4) is 0 Å². The van der Waals surface area contributed by atoms with Gasteiger partial charge in [0.05, 0.1) is 19.4 Å². The summed E-state index contributed by atoms with van der Waals surface area (Å²) in [6.07, 6.45) is 2.99. The van der Waals surface area contributed by atoms with Crippen LogP contribution in [0.2, 0.25) is 0 Å². The molecular formula is C20H22N4O4. The number of amides is 1. The second kappa shape index (κ2) is 6.42. The van der Waals surface area contributed by atoms with E-state index in [2.05, 4.69) is 5.10 Å². The molecule has 2 saturated heterocycles. The summed E-state index contributed by atoms with van der Waals surface area (Å²) >= 11 is 0. The van der Waals surface area contributed by atoms with E-state index in [1.54, 1.807) is 11.1 Å². The van der Waals surface area contributed by atoms with Gasteiger partial charge in [0, 0.05) is 49.3 Å². The van der Waals surface area contributed by atoms with Crippen molar-refractivity contribution in [1.29, 1.82) is 0 Å². The number of hydrogen-bond acceptors (Lipinski definition) is 5. The molecule has 8 heteroatoms. The Morgan fingerprint density at radius 2 is 1.86 bits per heavy atom. The molecule has 0 atom stereocenters. The number of benzene rings is 1. The van der Waals surface area contributed by atoms with Gasteiger partial charge in [0.25, 0.3) is 5.56 Å². The molecule has 0 N–H and O–H groups in total. The van der Waals surface area contributed by atoms with Crippen LogP contribution in [0.3, 0.4) is 0 Å². The van der Waals surface area contributed by atoms with Crippen LogP contribution < -0.4 is 5.56 Å². The highest BCUT2D eigenvalue weighted by molar-refractivity contribution is 6.07. The minimum Gasteiger partial charge on any atom is -0.347 e. The lowest BCUT2D eigenvalue weighted by molar-refractivity contribution is -0.187. The first-order chi connectivity index (χ1) is 13.6. The predicted octanol–water partition coefficient (Wildman–Crippen LogP) is 1.25. The third-order valence-electron chi connectivity index (χ3n) is 5.89. The van der Waals surface area contributed by atoms with Crippen molar-refractivity contribution in [1.82, 2.24) is 19.2 Å². The Morgan fingerprint density at radius 1 is 1.14 bits per heavy atom. The third kappa shape index (κ3) is 2.63. The van der Waals surface area contributed by atoms with Gasteiger partial charge in [-0.15, -0.1) is 0 Å². The van der Waals surface area contributed by atoms with Crippen LogP contribution in [0.15, 0.2) is 35.3 Å². The maximum absolute atomic E-state index is 13.0. The Hall–Kier alpha value is -2.71. The summed E-state index contributed by atoms with van der Waals surface area (Å²) in [5, 5.41) is 6.06. The molecule has 2 aliphatic rings. The zero-order valence-corrected chi connectivity index (χ0v) is 15.8. The highest BCUT2D eigenvalue weighted by atomic mass is 16.7. The molecule has 2 aliphatic heterocycles. The summed E-state index contributed by atoms with van der Waals surface area (Å²) < 4.78 is 14.5. The Kier molecular flexibility index (Phi) is 3.99. The summed E-state index contributed by atoms with van der Waals surface area (Å²) in [5.41, 5.74) is 1.29. The van der Waals surface area contributed by atoms with Crippen molar-refractivity contribution < 1.29 is 14.3 Å². The van der Waals surface area contributed by atoms with Crippen LogP contribution >= 0.6 is 0 Å². The van der Waals surface area contributed by atoms with Gasteiger partial charge >= 0.3 is 0 Å². The van der Waals surface area contributed by atoms with E-state index in [1.807, 2.05) is 35.9 Å². The third-order valence-corrected chi connectivity index (χ3v) is 5.89. The van der Waals surface area contributed by atoms with E-state index in [4.69, 9.17) is 9.47 Å². The van der Waals surface area contributed by atoms with E-state index in [0.717, 1.165) is 16.3 Å². The molecule has 0 bridgehead atoms. The summed E-state index contributed by atoms with van der Waals surface area (Å²) in [6, 6.07) is 7.83. The first-order valence-corrected chi connectivity index (χ1v) is 9.57. The molecule has 4 heterocycles. The number of fused-ring (bicyclic) bond motifs is 3. The fourth-order valence-electron chi connectivity index (χ4n) is 4.34. The maximum Gasteiger partial charge on any atom is 0.291 e. The van der Waals surface area contributed by atoms with Crippen molar-refractivity contribution in [3.05, 3.63) is 40.8 Å². The molecule has 3 aromatic rings. The number of ether oxygens (including phenoxy) is 2. The van der Waals surface area contributed by atoms with Gasteiger partial charge in [-0.2, -0.15) is 5.10 Å². The SMILES string of the molecule is Cn1c2ccccc2c2cnn(CC(=O)N3CCC4(CC3)OCCO4)c(=O)c21. The fraction of sp³-hybridized carbons (Fsp3) is 0.450. The fourth-order valence-corrected chi connectivity index (χ4v) is 4.34.